The third-order valence-corrected chi connectivity index (χ3v) is 3.73. The predicted molar refractivity (Wildman–Crippen MR) is 95.2 cm³/mol. The van der Waals surface area contributed by atoms with Crippen LogP contribution >= 0.6 is 0 Å². The second kappa shape index (κ2) is 15.6. The quantitative estimate of drug-likeness (QED) is 0.308. The second-order valence-corrected chi connectivity index (χ2v) is 5.72. The van der Waals surface area contributed by atoms with Crippen molar-refractivity contribution < 1.29 is 9.53 Å². The van der Waals surface area contributed by atoms with E-state index in [-0.39, 0.29) is 35.5 Å². The molecule has 0 N–H and O–H groups in total. The van der Waals surface area contributed by atoms with Crippen molar-refractivity contribution in [1.29, 1.82) is 0 Å². The van der Waals surface area contributed by atoms with Gasteiger partial charge >= 0.3 is 35.5 Å². The summed E-state index contributed by atoms with van der Waals surface area (Å²) in [7, 11) is 0. The third-order valence-electron chi connectivity index (χ3n) is 3.73. The Hall–Kier alpha value is -0.310. The summed E-state index contributed by atoms with van der Waals surface area (Å²) in [6, 6.07) is 9.85. The van der Waals surface area contributed by atoms with E-state index in [1.165, 1.54) is 44.9 Å². The van der Waals surface area contributed by atoms with Crippen LogP contribution in [0.4, 0.5) is 0 Å². The van der Waals surface area contributed by atoms with Crippen LogP contribution in [0.15, 0.2) is 30.3 Å². The molecule has 3 heteroatoms. The molecule has 0 atom stereocenters. The first kappa shape index (κ1) is 21.7. The number of carbonyl (C=O) groups is 1. The molecule has 0 aliphatic carbocycles. The van der Waals surface area contributed by atoms with Crippen LogP contribution in [-0.4, -0.2) is 35.5 Å². The summed E-state index contributed by atoms with van der Waals surface area (Å²) in [4.78, 5) is 11.6. The van der Waals surface area contributed by atoms with Gasteiger partial charge in [0.15, 0.2) is 0 Å². The van der Waals surface area contributed by atoms with Crippen molar-refractivity contribution in [3.05, 3.63) is 35.9 Å². The Labute approximate surface area is 158 Å². The molecule has 1 rings (SSSR count). The van der Waals surface area contributed by atoms with Crippen LogP contribution in [-0.2, 0) is 16.1 Å². The molecule has 0 aliphatic rings. The summed E-state index contributed by atoms with van der Waals surface area (Å²) in [6.07, 6.45) is 12.0. The number of esters is 1. The standard InChI is InChI=1S/C19H30O2.Na.H/c1-2-3-4-5-6-7-8-9-13-16-19(20)21-17-18-14-11-10-12-15-18;;/h10-12,14-15H,2-9,13,16-17H2,1H3;;. The van der Waals surface area contributed by atoms with E-state index < -0.39 is 0 Å². The Morgan fingerprint density at radius 3 is 2.00 bits per heavy atom. The SMILES string of the molecule is CCCCCCCCCCCC(=O)OCc1ccccc1.[NaH]. The van der Waals surface area contributed by atoms with Gasteiger partial charge in [0.05, 0.1) is 0 Å². The summed E-state index contributed by atoms with van der Waals surface area (Å²) in [5, 5.41) is 0. The van der Waals surface area contributed by atoms with Crippen molar-refractivity contribution in [2.75, 3.05) is 0 Å². The van der Waals surface area contributed by atoms with E-state index in [0.717, 1.165) is 18.4 Å². The van der Waals surface area contributed by atoms with Gasteiger partial charge in [-0.05, 0) is 12.0 Å². The average Bonchev–Trinajstić information content (AvgIpc) is 2.52. The van der Waals surface area contributed by atoms with Gasteiger partial charge < -0.3 is 4.74 Å². The molecule has 0 saturated heterocycles. The molecule has 0 amide bonds. The minimum absolute atomic E-state index is 0. The zero-order chi connectivity index (χ0) is 15.2. The molecular weight excluding hydrogens is 283 g/mol. The van der Waals surface area contributed by atoms with Gasteiger partial charge in [-0.3, -0.25) is 4.79 Å². The van der Waals surface area contributed by atoms with Gasteiger partial charge in [0.1, 0.15) is 6.61 Å². The van der Waals surface area contributed by atoms with E-state index in [1.54, 1.807) is 0 Å². The Balaban J connectivity index is 0.00000441. The number of unbranched alkanes of at least 4 members (excludes halogenated alkanes) is 8. The summed E-state index contributed by atoms with van der Waals surface area (Å²) in [5.41, 5.74) is 1.05. The van der Waals surface area contributed by atoms with Crippen molar-refractivity contribution in [2.24, 2.45) is 0 Å². The first-order valence-corrected chi connectivity index (χ1v) is 8.52. The zero-order valence-electron chi connectivity index (χ0n) is 13.5. The van der Waals surface area contributed by atoms with E-state index in [2.05, 4.69) is 6.92 Å². The number of ether oxygens (including phenoxy) is 1. The Morgan fingerprint density at radius 2 is 1.41 bits per heavy atom. The number of hydrogen-bond acceptors (Lipinski definition) is 2. The summed E-state index contributed by atoms with van der Waals surface area (Å²) < 4.78 is 5.26. The molecule has 0 spiro atoms. The molecule has 0 aromatic heterocycles. The van der Waals surface area contributed by atoms with Crippen LogP contribution in [0, 0.1) is 0 Å². The third kappa shape index (κ3) is 12.3. The summed E-state index contributed by atoms with van der Waals surface area (Å²) in [6.45, 7) is 2.65. The molecule has 22 heavy (non-hydrogen) atoms. The number of carbonyl (C=O) groups excluding carboxylic acids is 1. The van der Waals surface area contributed by atoms with Gasteiger partial charge in [0.25, 0.3) is 0 Å². The zero-order valence-corrected chi connectivity index (χ0v) is 13.5. The molecule has 0 heterocycles. The second-order valence-electron chi connectivity index (χ2n) is 5.72. The normalized spacial score (nSPS) is 10.0. The van der Waals surface area contributed by atoms with Crippen LogP contribution in [0.3, 0.4) is 0 Å². The molecule has 0 unspecified atom stereocenters. The summed E-state index contributed by atoms with van der Waals surface area (Å²) >= 11 is 0. The van der Waals surface area contributed by atoms with E-state index in [1.807, 2.05) is 30.3 Å². The van der Waals surface area contributed by atoms with Crippen LogP contribution in [0.5, 0.6) is 0 Å². The first-order chi connectivity index (χ1) is 10.3. The van der Waals surface area contributed by atoms with Crippen molar-refractivity contribution in [3.8, 4) is 0 Å². The van der Waals surface area contributed by atoms with Gasteiger partial charge in [-0.15, -0.1) is 0 Å². The predicted octanol–water partition coefficient (Wildman–Crippen LogP) is 5.00. The van der Waals surface area contributed by atoms with Crippen molar-refractivity contribution >= 4 is 35.5 Å². The van der Waals surface area contributed by atoms with Gasteiger partial charge in [-0.25, -0.2) is 0 Å². The molecule has 0 fully saturated rings. The fourth-order valence-corrected chi connectivity index (χ4v) is 2.39. The molecule has 1 aromatic carbocycles. The van der Waals surface area contributed by atoms with Crippen LogP contribution < -0.4 is 0 Å². The number of hydrogen-bond donors (Lipinski definition) is 0. The topological polar surface area (TPSA) is 26.3 Å². The molecule has 0 saturated carbocycles. The van der Waals surface area contributed by atoms with Crippen molar-refractivity contribution in [1.82, 2.24) is 0 Å². The number of rotatable bonds is 12. The number of benzene rings is 1. The molecule has 0 bridgehead atoms. The molecule has 1 aromatic rings. The van der Waals surface area contributed by atoms with E-state index in [9.17, 15) is 4.79 Å². The molecule has 120 valence electrons. The maximum atomic E-state index is 11.6. The van der Waals surface area contributed by atoms with Gasteiger partial charge in [0.2, 0.25) is 0 Å². The maximum absolute atomic E-state index is 11.6. The Bertz CT molecular complexity index is 365. The first-order valence-electron chi connectivity index (χ1n) is 8.52. The van der Waals surface area contributed by atoms with E-state index in [4.69, 9.17) is 4.74 Å². The fraction of sp³-hybridized carbons (Fsp3) is 0.632. The van der Waals surface area contributed by atoms with E-state index in [0.29, 0.717) is 13.0 Å². The average molecular weight is 314 g/mol. The fourth-order valence-electron chi connectivity index (χ4n) is 2.39. The van der Waals surface area contributed by atoms with Crippen LogP contribution in [0.1, 0.15) is 76.7 Å². The van der Waals surface area contributed by atoms with Crippen LogP contribution in [0.25, 0.3) is 0 Å². The van der Waals surface area contributed by atoms with Crippen molar-refractivity contribution in [3.63, 3.8) is 0 Å². The van der Waals surface area contributed by atoms with Gasteiger partial charge in [-0.1, -0.05) is 88.6 Å². The van der Waals surface area contributed by atoms with Crippen LogP contribution in [0.2, 0.25) is 0 Å². The Kier molecular flexibility index (Phi) is 15.4. The minimum atomic E-state index is -0.0678. The molecule has 0 radical (unpaired) electrons. The van der Waals surface area contributed by atoms with E-state index >= 15 is 0 Å². The summed E-state index contributed by atoms with van der Waals surface area (Å²) in [5.74, 6) is -0.0678. The molecule has 2 nitrogen and oxygen atoms in total. The monoisotopic (exact) mass is 314 g/mol. The van der Waals surface area contributed by atoms with Crippen molar-refractivity contribution in [2.45, 2.75) is 77.7 Å². The van der Waals surface area contributed by atoms with Gasteiger partial charge in [0, 0.05) is 6.42 Å². The Morgan fingerprint density at radius 1 is 0.864 bits per heavy atom. The molecular formula is C19H31NaO2. The van der Waals surface area contributed by atoms with Gasteiger partial charge in [-0.2, -0.15) is 0 Å². The molecule has 0 aliphatic heterocycles.